The molecule has 8 nitrogen and oxygen atoms in total. The molecule has 1 saturated heterocycles. The van der Waals surface area contributed by atoms with Crippen molar-refractivity contribution in [2.75, 3.05) is 63.7 Å². The molecule has 31 heavy (non-hydrogen) atoms. The number of rotatable bonds is 8. The van der Waals surface area contributed by atoms with E-state index in [1.165, 1.54) is 0 Å². The van der Waals surface area contributed by atoms with Crippen molar-refractivity contribution >= 4 is 17.5 Å². The standard InChI is InChI=1S/C23H34N6O2/c1-5-28-11-13-29(14-12-28)22-15-18(9-10-25-22)17-26-23(24-3)27-19-7-8-20(30-4)21(16-19)31-6-2/h7-10,15-16H,5-6,11-14,17H2,1-4H3,(H2,24,26,27). The molecule has 1 aromatic carbocycles. The fourth-order valence-corrected chi connectivity index (χ4v) is 3.56. The molecular weight excluding hydrogens is 392 g/mol. The van der Waals surface area contributed by atoms with Crippen LogP contribution in [0.1, 0.15) is 19.4 Å². The summed E-state index contributed by atoms with van der Waals surface area (Å²) in [5, 5.41) is 6.68. The summed E-state index contributed by atoms with van der Waals surface area (Å²) in [7, 11) is 3.39. The molecule has 1 fully saturated rings. The van der Waals surface area contributed by atoms with E-state index in [4.69, 9.17) is 9.47 Å². The predicted octanol–water partition coefficient (Wildman–Crippen LogP) is 2.82. The lowest BCUT2D eigenvalue weighted by Gasteiger charge is -2.34. The van der Waals surface area contributed by atoms with Gasteiger partial charge < -0.3 is 29.9 Å². The Morgan fingerprint density at radius 1 is 1.10 bits per heavy atom. The highest BCUT2D eigenvalue weighted by molar-refractivity contribution is 5.93. The number of benzene rings is 1. The SMILES string of the molecule is CCOc1cc(NC(=NC)NCc2ccnc(N3CCN(CC)CC3)c2)ccc1OC. The van der Waals surface area contributed by atoms with Gasteiger partial charge in [0.2, 0.25) is 0 Å². The highest BCUT2D eigenvalue weighted by Crippen LogP contribution is 2.30. The molecule has 168 valence electrons. The van der Waals surface area contributed by atoms with Gasteiger partial charge in [0.1, 0.15) is 5.82 Å². The van der Waals surface area contributed by atoms with Crippen LogP contribution < -0.4 is 25.0 Å². The average Bonchev–Trinajstić information content (AvgIpc) is 2.82. The van der Waals surface area contributed by atoms with Crippen LogP contribution in [-0.4, -0.2) is 69.3 Å². The second kappa shape index (κ2) is 11.4. The Morgan fingerprint density at radius 3 is 2.58 bits per heavy atom. The van der Waals surface area contributed by atoms with Crippen LogP contribution in [0, 0.1) is 0 Å². The van der Waals surface area contributed by atoms with Crippen molar-refractivity contribution < 1.29 is 9.47 Å². The van der Waals surface area contributed by atoms with Crippen molar-refractivity contribution in [2.45, 2.75) is 20.4 Å². The maximum atomic E-state index is 5.66. The lowest BCUT2D eigenvalue weighted by atomic mass is 10.2. The Kier molecular flexibility index (Phi) is 8.35. The number of likely N-dealkylation sites (N-methyl/N-ethyl adjacent to an activating group) is 1. The topological polar surface area (TPSA) is 74.2 Å². The minimum Gasteiger partial charge on any atom is -0.493 e. The van der Waals surface area contributed by atoms with Crippen molar-refractivity contribution in [2.24, 2.45) is 4.99 Å². The summed E-state index contributed by atoms with van der Waals surface area (Å²) in [5.41, 5.74) is 2.04. The van der Waals surface area contributed by atoms with Crippen LogP contribution in [0.15, 0.2) is 41.5 Å². The molecule has 0 radical (unpaired) electrons. The molecule has 0 saturated carbocycles. The van der Waals surface area contributed by atoms with Gasteiger partial charge in [0, 0.05) is 57.7 Å². The van der Waals surface area contributed by atoms with Gasteiger partial charge in [0.05, 0.1) is 13.7 Å². The largest absolute Gasteiger partial charge is 0.493 e. The van der Waals surface area contributed by atoms with Gasteiger partial charge in [-0.1, -0.05) is 6.92 Å². The van der Waals surface area contributed by atoms with Crippen molar-refractivity contribution in [1.82, 2.24) is 15.2 Å². The molecule has 1 aliphatic heterocycles. The molecule has 0 aliphatic carbocycles. The van der Waals surface area contributed by atoms with Gasteiger partial charge in [-0.05, 0) is 43.3 Å². The first-order chi connectivity index (χ1) is 15.2. The average molecular weight is 427 g/mol. The number of hydrogen-bond donors (Lipinski definition) is 2. The van der Waals surface area contributed by atoms with Gasteiger partial charge in [0.25, 0.3) is 0 Å². The quantitative estimate of drug-likeness (QED) is 0.497. The molecular formula is C23H34N6O2. The molecule has 0 atom stereocenters. The van der Waals surface area contributed by atoms with E-state index < -0.39 is 0 Å². The monoisotopic (exact) mass is 426 g/mol. The summed E-state index contributed by atoms with van der Waals surface area (Å²) in [5.74, 6) is 3.13. The zero-order valence-corrected chi connectivity index (χ0v) is 19.0. The number of nitrogens with zero attached hydrogens (tertiary/aromatic N) is 4. The number of anilines is 2. The maximum absolute atomic E-state index is 5.66. The summed E-state index contributed by atoms with van der Waals surface area (Å²) in [6, 6.07) is 9.92. The van der Waals surface area contributed by atoms with Crippen molar-refractivity contribution in [3.8, 4) is 11.5 Å². The lowest BCUT2D eigenvalue weighted by Crippen LogP contribution is -2.46. The molecule has 8 heteroatoms. The molecule has 2 N–H and O–H groups in total. The number of guanidine groups is 1. The lowest BCUT2D eigenvalue weighted by molar-refractivity contribution is 0.270. The predicted molar refractivity (Wildman–Crippen MR) is 127 cm³/mol. The fraction of sp³-hybridized carbons (Fsp3) is 0.478. The highest BCUT2D eigenvalue weighted by atomic mass is 16.5. The molecule has 2 aromatic rings. The van der Waals surface area contributed by atoms with E-state index in [1.54, 1.807) is 14.2 Å². The number of hydrogen-bond acceptors (Lipinski definition) is 6. The van der Waals surface area contributed by atoms with E-state index in [0.717, 1.165) is 49.8 Å². The summed E-state index contributed by atoms with van der Waals surface area (Å²) in [6.45, 7) is 10.7. The number of ether oxygens (including phenoxy) is 2. The van der Waals surface area contributed by atoms with Crippen LogP contribution in [0.3, 0.4) is 0 Å². The Bertz CT molecular complexity index is 865. The third-order valence-electron chi connectivity index (χ3n) is 5.36. The van der Waals surface area contributed by atoms with Crippen LogP contribution >= 0.6 is 0 Å². The number of piperazine rings is 1. The molecule has 0 bridgehead atoms. The van der Waals surface area contributed by atoms with Gasteiger partial charge in [-0.3, -0.25) is 4.99 Å². The molecule has 2 heterocycles. The van der Waals surface area contributed by atoms with Crippen LogP contribution in [0.5, 0.6) is 11.5 Å². The number of pyridine rings is 1. The maximum Gasteiger partial charge on any atom is 0.195 e. The summed E-state index contributed by atoms with van der Waals surface area (Å²) >= 11 is 0. The van der Waals surface area contributed by atoms with Crippen molar-refractivity contribution in [3.63, 3.8) is 0 Å². The Hall–Kier alpha value is -3.00. The smallest absolute Gasteiger partial charge is 0.195 e. The Morgan fingerprint density at radius 2 is 1.90 bits per heavy atom. The summed E-state index contributed by atoms with van der Waals surface area (Å²) in [4.78, 5) is 13.7. The minimum absolute atomic E-state index is 0.574. The van der Waals surface area contributed by atoms with Crippen LogP contribution in [0.25, 0.3) is 0 Å². The van der Waals surface area contributed by atoms with Crippen LogP contribution in [0.4, 0.5) is 11.5 Å². The van der Waals surface area contributed by atoms with E-state index in [2.05, 4.69) is 43.4 Å². The molecule has 0 spiro atoms. The van der Waals surface area contributed by atoms with Gasteiger partial charge in [-0.15, -0.1) is 0 Å². The summed E-state index contributed by atoms with van der Waals surface area (Å²) < 4.78 is 11.0. The number of methoxy groups -OCH3 is 1. The molecule has 3 rings (SSSR count). The van der Waals surface area contributed by atoms with Crippen molar-refractivity contribution in [3.05, 3.63) is 42.1 Å². The number of aromatic nitrogens is 1. The van der Waals surface area contributed by atoms with E-state index in [9.17, 15) is 0 Å². The molecule has 1 aromatic heterocycles. The fourth-order valence-electron chi connectivity index (χ4n) is 3.56. The first-order valence-corrected chi connectivity index (χ1v) is 10.9. The number of nitrogens with one attached hydrogen (secondary N) is 2. The normalized spacial score (nSPS) is 15.0. The third kappa shape index (κ3) is 6.24. The van der Waals surface area contributed by atoms with Crippen LogP contribution in [-0.2, 0) is 6.54 Å². The first kappa shape index (κ1) is 22.7. The second-order valence-corrected chi connectivity index (χ2v) is 7.29. The minimum atomic E-state index is 0.574. The van der Waals surface area contributed by atoms with Gasteiger partial charge >= 0.3 is 0 Å². The molecule has 0 amide bonds. The Balaban J connectivity index is 1.59. The third-order valence-corrected chi connectivity index (χ3v) is 5.36. The molecule has 1 aliphatic rings. The number of aliphatic imine (C=N–C) groups is 1. The van der Waals surface area contributed by atoms with E-state index in [-0.39, 0.29) is 0 Å². The first-order valence-electron chi connectivity index (χ1n) is 10.9. The Labute approximate surface area is 185 Å². The van der Waals surface area contributed by atoms with Gasteiger partial charge in [-0.25, -0.2) is 4.98 Å². The second-order valence-electron chi connectivity index (χ2n) is 7.29. The van der Waals surface area contributed by atoms with Gasteiger partial charge in [-0.2, -0.15) is 0 Å². The van der Waals surface area contributed by atoms with E-state index in [0.29, 0.717) is 30.6 Å². The van der Waals surface area contributed by atoms with Crippen LogP contribution in [0.2, 0.25) is 0 Å². The van der Waals surface area contributed by atoms with Gasteiger partial charge in [0.15, 0.2) is 17.5 Å². The zero-order chi connectivity index (χ0) is 22.1. The molecule has 0 unspecified atom stereocenters. The zero-order valence-electron chi connectivity index (χ0n) is 19.0. The highest BCUT2D eigenvalue weighted by Gasteiger charge is 2.17. The summed E-state index contributed by atoms with van der Waals surface area (Å²) in [6.07, 6.45) is 1.88. The van der Waals surface area contributed by atoms with E-state index in [1.807, 2.05) is 37.4 Å². The van der Waals surface area contributed by atoms with Crippen molar-refractivity contribution in [1.29, 1.82) is 0 Å². The van der Waals surface area contributed by atoms with E-state index >= 15 is 0 Å².